The maximum Gasteiger partial charge on any atom is 0.270 e. The van der Waals surface area contributed by atoms with Crippen LogP contribution in [0.1, 0.15) is 59.9 Å². The maximum absolute atomic E-state index is 14.4. The number of nitrogens with one attached hydrogen (secondary N) is 2. The van der Waals surface area contributed by atoms with Crippen LogP contribution in [0.3, 0.4) is 0 Å². The van der Waals surface area contributed by atoms with E-state index >= 15 is 0 Å². The Morgan fingerprint density at radius 3 is 2.19 bits per heavy atom. The van der Waals surface area contributed by atoms with Crippen molar-refractivity contribution in [3.8, 4) is 17.3 Å². The minimum Gasteiger partial charge on any atom is -0.343 e. The van der Waals surface area contributed by atoms with Crippen LogP contribution in [0.2, 0.25) is 10.0 Å². The number of rotatable bonds is 9. The standard InChI is InChI=1S/C38H28Cl2F2N8O3/c1-36(18-21-2-4-22(19-43)5-3-21)34(53)49(25-16-26(39)31(42)27(40)17-25)35-44-20-29(50(35)36)32(51)45-38(14-15-38)33(52)46-37(12-13-37)30-11-10-28(47-48-30)23-6-8-24(41)9-7-23/h2-11,16-17,20H,12-15,18H2,1H3,(H,45,51)(H,46,52)/t36-/m1/s1. The third-order valence-corrected chi connectivity index (χ3v) is 10.7. The first-order valence-electron chi connectivity index (χ1n) is 16.7. The lowest BCUT2D eigenvalue weighted by Gasteiger charge is -2.27. The summed E-state index contributed by atoms with van der Waals surface area (Å²) in [6.07, 6.45) is 3.45. The van der Waals surface area contributed by atoms with Crippen LogP contribution in [0.15, 0.2) is 79.0 Å². The second-order valence-electron chi connectivity index (χ2n) is 13.8. The fourth-order valence-electron chi connectivity index (χ4n) is 6.81. The van der Waals surface area contributed by atoms with E-state index in [2.05, 4.69) is 31.9 Å². The second-order valence-corrected chi connectivity index (χ2v) is 14.6. The smallest absolute Gasteiger partial charge is 0.270 e. The summed E-state index contributed by atoms with van der Waals surface area (Å²) in [6.45, 7) is 1.65. The number of hydrogen-bond donors (Lipinski definition) is 2. The molecule has 2 fully saturated rings. The number of halogens is 4. The quantitative estimate of drug-likeness (QED) is 0.164. The van der Waals surface area contributed by atoms with Crippen molar-refractivity contribution in [2.45, 2.75) is 55.6 Å². The fourth-order valence-corrected chi connectivity index (χ4v) is 7.29. The first kappa shape index (κ1) is 34.4. The molecule has 1 atom stereocenters. The van der Waals surface area contributed by atoms with E-state index in [1.54, 1.807) is 55.5 Å². The molecule has 266 valence electrons. The molecule has 3 amide bonds. The maximum atomic E-state index is 14.4. The summed E-state index contributed by atoms with van der Waals surface area (Å²) in [5, 5.41) is 23.4. The number of carbonyl (C=O) groups excluding carboxylic acids is 3. The molecule has 2 N–H and O–H groups in total. The van der Waals surface area contributed by atoms with Crippen LogP contribution >= 0.6 is 23.2 Å². The summed E-state index contributed by atoms with van der Waals surface area (Å²) >= 11 is 12.2. The van der Waals surface area contributed by atoms with Crippen LogP contribution in [0, 0.1) is 23.0 Å². The van der Waals surface area contributed by atoms with Crippen LogP contribution in [0.25, 0.3) is 11.3 Å². The highest BCUT2D eigenvalue weighted by molar-refractivity contribution is 6.35. The minimum atomic E-state index is -1.43. The van der Waals surface area contributed by atoms with Gasteiger partial charge in [-0.2, -0.15) is 15.5 Å². The Labute approximate surface area is 311 Å². The molecule has 15 heteroatoms. The van der Waals surface area contributed by atoms with E-state index in [9.17, 15) is 28.4 Å². The first-order chi connectivity index (χ1) is 25.4. The number of aromatic nitrogens is 4. The molecule has 3 heterocycles. The summed E-state index contributed by atoms with van der Waals surface area (Å²) < 4.78 is 29.3. The van der Waals surface area contributed by atoms with E-state index < -0.39 is 34.2 Å². The highest BCUT2D eigenvalue weighted by Gasteiger charge is 2.57. The van der Waals surface area contributed by atoms with Crippen molar-refractivity contribution in [3.05, 3.63) is 123 Å². The van der Waals surface area contributed by atoms with Crippen molar-refractivity contribution in [3.63, 3.8) is 0 Å². The van der Waals surface area contributed by atoms with Gasteiger partial charge in [-0.05, 0) is 98.8 Å². The van der Waals surface area contributed by atoms with Crippen LogP contribution in [-0.4, -0.2) is 43.0 Å². The molecule has 11 nitrogen and oxygen atoms in total. The zero-order valence-corrected chi connectivity index (χ0v) is 29.5. The van der Waals surface area contributed by atoms with Crippen LogP contribution in [0.5, 0.6) is 0 Å². The van der Waals surface area contributed by atoms with Crippen molar-refractivity contribution >= 4 is 52.6 Å². The van der Waals surface area contributed by atoms with Gasteiger partial charge in [0.05, 0.1) is 50.5 Å². The van der Waals surface area contributed by atoms with Gasteiger partial charge >= 0.3 is 0 Å². The van der Waals surface area contributed by atoms with Crippen LogP contribution in [-0.2, 0) is 27.1 Å². The molecule has 5 aromatic rings. The van der Waals surface area contributed by atoms with Crippen molar-refractivity contribution < 1.29 is 23.2 Å². The Hall–Kier alpha value is -5.71. The SMILES string of the molecule is C[C@@]1(Cc2ccc(C#N)cc2)C(=O)N(c2cc(Cl)c(F)c(Cl)c2)c2ncc(C(=O)NC3(C(=O)NC4(c5ccc(-c6ccc(F)cc6)nn5)CC4)CC3)n21. The Kier molecular flexibility index (Phi) is 8.08. The molecule has 2 saturated carbocycles. The summed E-state index contributed by atoms with van der Waals surface area (Å²) in [7, 11) is 0. The molecule has 8 rings (SSSR count). The van der Waals surface area contributed by atoms with E-state index in [1.165, 1.54) is 39.9 Å². The molecule has 2 aromatic heterocycles. The number of fused-ring (bicyclic) bond motifs is 1. The highest BCUT2D eigenvalue weighted by Crippen LogP contribution is 2.48. The van der Waals surface area contributed by atoms with Crippen LogP contribution in [0.4, 0.5) is 20.4 Å². The molecule has 0 saturated heterocycles. The van der Waals surface area contributed by atoms with Gasteiger partial charge in [-0.15, -0.1) is 0 Å². The summed E-state index contributed by atoms with van der Waals surface area (Å²) in [6, 6.07) is 20.7. The Morgan fingerprint density at radius 2 is 1.60 bits per heavy atom. The fraction of sp³-hybridized carbons (Fsp3) is 0.237. The molecule has 2 aliphatic carbocycles. The molecule has 0 bridgehead atoms. The van der Waals surface area contributed by atoms with Gasteiger partial charge in [0.1, 0.15) is 22.6 Å². The van der Waals surface area contributed by atoms with E-state index in [1.807, 2.05) is 0 Å². The second kappa shape index (κ2) is 12.5. The number of imidazole rings is 1. The number of carbonyl (C=O) groups is 3. The average molecular weight is 754 g/mol. The Bertz CT molecular complexity index is 2350. The number of hydrogen-bond acceptors (Lipinski definition) is 7. The van der Waals surface area contributed by atoms with Crippen molar-refractivity contribution in [1.82, 2.24) is 30.4 Å². The number of nitrogens with zero attached hydrogens (tertiary/aromatic N) is 6. The number of nitriles is 1. The third-order valence-electron chi connectivity index (χ3n) is 10.1. The summed E-state index contributed by atoms with van der Waals surface area (Å²) in [4.78, 5) is 48.1. The lowest BCUT2D eigenvalue weighted by Crippen LogP contribution is -2.52. The monoisotopic (exact) mass is 752 g/mol. The van der Waals surface area contributed by atoms with Crippen LogP contribution < -0.4 is 15.5 Å². The van der Waals surface area contributed by atoms with Gasteiger partial charge in [0, 0.05) is 12.0 Å². The van der Waals surface area contributed by atoms with Gasteiger partial charge in [-0.3, -0.25) is 19.0 Å². The third kappa shape index (κ3) is 5.88. The van der Waals surface area contributed by atoms with Gasteiger partial charge in [0.2, 0.25) is 11.9 Å². The van der Waals surface area contributed by atoms with E-state index in [4.69, 9.17) is 23.2 Å². The topological polar surface area (TPSA) is 146 Å². The summed E-state index contributed by atoms with van der Waals surface area (Å²) in [5.74, 6) is -2.61. The zero-order valence-electron chi connectivity index (χ0n) is 28.0. The largest absolute Gasteiger partial charge is 0.343 e. The highest BCUT2D eigenvalue weighted by atomic mass is 35.5. The van der Waals surface area contributed by atoms with E-state index in [0.29, 0.717) is 53.8 Å². The predicted octanol–water partition coefficient (Wildman–Crippen LogP) is 6.50. The molecule has 3 aromatic carbocycles. The van der Waals surface area contributed by atoms with Gasteiger partial charge in [-0.1, -0.05) is 35.3 Å². The number of benzene rings is 3. The molecule has 3 aliphatic rings. The normalized spacial score (nSPS) is 18.9. The van der Waals surface area contributed by atoms with E-state index in [-0.39, 0.29) is 45.5 Å². The first-order valence-corrected chi connectivity index (χ1v) is 17.4. The molecule has 1 aliphatic heterocycles. The van der Waals surface area contributed by atoms with Gasteiger partial charge in [0.25, 0.3) is 11.8 Å². The average Bonchev–Trinajstić information content (AvgIpc) is 4.06. The lowest BCUT2D eigenvalue weighted by atomic mass is 9.91. The van der Waals surface area contributed by atoms with Gasteiger partial charge < -0.3 is 10.6 Å². The zero-order chi connectivity index (χ0) is 37.3. The Balaban J connectivity index is 1.07. The molecular formula is C38H28Cl2F2N8O3. The van der Waals surface area contributed by atoms with E-state index in [0.717, 1.165) is 0 Å². The lowest BCUT2D eigenvalue weighted by molar-refractivity contribution is -0.125. The van der Waals surface area contributed by atoms with Gasteiger partial charge in [-0.25, -0.2) is 18.7 Å². The molecular weight excluding hydrogens is 725 g/mol. The molecule has 53 heavy (non-hydrogen) atoms. The molecule has 0 radical (unpaired) electrons. The predicted molar refractivity (Wildman–Crippen MR) is 190 cm³/mol. The summed E-state index contributed by atoms with van der Waals surface area (Å²) in [5.41, 5.74) is -0.240. The van der Waals surface area contributed by atoms with Gasteiger partial charge in [0.15, 0.2) is 5.82 Å². The number of amides is 3. The van der Waals surface area contributed by atoms with Crippen molar-refractivity contribution in [2.24, 2.45) is 0 Å². The van der Waals surface area contributed by atoms with Crippen molar-refractivity contribution in [1.29, 1.82) is 5.26 Å². The minimum absolute atomic E-state index is 0.0220. The molecule has 0 unspecified atom stereocenters. The number of anilines is 2. The Morgan fingerprint density at radius 1 is 0.925 bits per heavy atom. The van der Waals surface area contributed by atoms with Crippen molar-refractivity contribution in [2.75, 3.05) is 4.90 Å². The molecule has 0 spiro atoms.